The van der Waals surface area contributed by atoms with Gasteiger partial charge in [-0.3, -0.25) is 14.6 Å². The topological polar surface area (TPSA) is 48.5 Å². The van der Waals surface area contributed by atoms with Crippen LogP contribution in [0.2, 0.25) is 0 Å². The fraction of sp³-hybridized carbons (Fsp3) is 0.538. The molecule has 5 nitrogen and oxygen atoms in total. The van der Waals surface area contributed by atoms with Gasteiger partial charge in [0.15, 0.2) is 0 Å². The van der Waals surface area contributed by atoms with Crippen LogP contribution in [0.25, 0.3) is 0 Å². The van der Waals surface area contributed by atoms with E-state index >= 15 is 0 Å². The number of piperazine rings is 1. The second-order valence-corrected chi connectivity index (χ2v) is 5.84. The number of carbonyl (C=O) groups is 1. The maximum absolute atomic E-state index is 13.2. The fourth-order valence-electron chi connectivity index (χ4n) is 2.19. The van der Waals surface area contributed by atoms with Crippen molar-refractivity contribution in [3.05, 3.63) is 22.8 Å². The first-order valence-corrected chi connectivity index (χ1v) is 7.55. The van der Waals surface area contributed by atoms with E-state index in [0.29, 0.717) is 18.9 Å². The van der Waals surface area contributed by atoms with Crippen LogP contribution in [0.15, 0.2) is 22.8 Å². The molecule has 0 radical (unpaired) electrons. The van der Waals surface area contributed by atoms with Crippen molar-refractivity contribution in [1.82, 2.24) is 14.8 Å². The van der Waals surface area contributed by atoms with E-state index in [1.165, 1.54) is 0 Å². The van der Waals surface area contributed by atoms with Gasteiger partial charge in [0.2, 0.25) is 12.2 Å². The first-order valence-electron chi connectivity index (χ1n) is 6.76. The van der Waals surface area contributed by atoms with E-state index < -0.39 is 12.7 Å². The molecule has 0 spiro atoms. The molecule has 2 heterocycles. The number of rotatable bonds is 5. The van der Waals surface area contributed by atoms with Gasteiger partial charge in [0.05, 0.1) is 6.54 Å². The molecule has 1 aliphatic rings. The molecule has 0 saturated carbocycles. The minimum Gasteiger partial charge on any atom is -0.310 e. The summed E-state index contributed by atoms with van der Waals surface area (Å²) in [5.74, 6) is 0.184. The lowest BCUT2D eigenvalue weighted by molar-refractivity contribution is -0.118. The Morgan fingerprint density at radius 1 is 1.32 bits per heavy atom. The summed E-state index contributed by atoms with van der Waals surface area (Å²) in [6, 6.07) is 3.41. The number of halogens is 4. The standard InChI is InChI=1S/C13H16BrF3N4O/c14-9-1-2-18-10(7-9)19-11(22)8-20-3-5-21(6-4-20)13(17)12(15)16/h1-2,7,12-13H,3-6,8H2,(H,18,19,22). The summed E-state index contributed by atoms with van der Waals surface area (Å²) in [6.07, 6.45) is -3.68. The smallest absolute Gasteiger partial charge is 0.282 e. The predicted octanol–water partition coefficient (Wildman–Crippen LogP) is 1.96. The molecule has 22 heavy (non-hydrogen) atoms. The van der Waals surface area contributed by atoms with Crippen LogP contribution < -0.4 is 5.32 Å². The SMILES string of the molecule is O=C(CN1CCN(C(F)C(F)F)CC1)Nc1cc(Br)ccn1. The zero-order valence-electron chi connectivity index (χ0n) is 11.7. The van der Waals surface area contributed by atoms with Crippen molar-refractivity contribution in [2.24, 2.45) is 0 Å². The van der Waals surface area contributed by atoms with Gasteiger partial charge in [-0.05, 0) is 12.1 Å². The summed E-state index contributed by atoms with van der Waals surface area (Å²) in [6.45, 7) is 1.20. The molecular formula is C13H16BrF3N4O. The number of nitrogens with zero attached hydrogens (tertiary/aromatic N) is 3. The number of pyridine rings is 1. The summed E-state index contributed by atoms with van der Waals surface area (Å²) in [5.41, 5.74) is 0. The Morgan fingerprint density at radius 3 is 2.59 bits per heavy atom. The third-order valence-electron chi connectivity index (χ3n) is 3.32. The lowest BCUT2D eigenvalue weighted by atomic mass is 10.3. The molecule has 2 rings (SSSR count). The number of hydrogen-bond donors (Lipinski definition) is 1. The van der Waals surface area contributed by atoms with Gasteiger partial charge in [-0.2, -0.15) is 0 Å². The van der Waals surface area contributed by atoms with Gasteiger partial charge in [-0.15, -0.1) is 0 Å². The van der Waals surface area contributed by atoms with Gasteiger partial charge in [-0.25, -0.2) is 18.2 Å². The van der Waals surface area contributed by atoms with Crippen molar-refractivity contribution in [2.75, 3.05) is 38.0 Å². The fourth-order valence-corrected chi connectivity index (χ4v) is 2.52. The van der Waals surface area contributed by atoms with Crippen molar-refractivity contribution in [2.45, 2.75) is 12.7 Å². The van der Waals surface area contributed by atoms with Crippen molar-refractivity contribution in [3.8, 4) is 0 Å². The number of alkyl halides is 3. The normalized spacial score (nSPS) is 18.4. The lowest BCUT2D eigenvalue weighted by Gasteiger charge is -2.35. The van der Waals surface area contributed by atoms with Crippen LogP contribution in [-0.2, 0) is 4.79 Å². The van der Waals surface area contributed by atoms with Gasteiger partial charge < -0.3 is 5.32 Å². The van der Waals surface area contributed by atoms with Gasteiger partial charge in [0.25, 0.3) is 6.43 Å². The molecule has 0 bridgehead atoms. The molecule has 1 aliphatic heterocycles. The Balaban J connectivity index is 1.77. The Bertz CT molecular complexity index is 512. The highest BCUT2D eigenvalue weighted by Crippen LogP contribution is 2.15. The van der Waals surface area contributed by atoms with Crippen LogP contribution in [0.1, 0.15) is 0 Å². The van der Waals surface area contributed by atoms with Crippen LogP contribution in [-0.4, -0.2) is 66.1 Å². The zero-order chi connectivity index (χ0) is 16.1. The predicted molar refractivity (Wildman–Crippen MR) is 79.5 cm³/mol. The maximum atomic E-state index is 13.2. The van der Waals surface area contributed by atoms with Crippen LogP contribution in [0.3, 0.4) is 0 Å². The largest absolute Gasteiger partial charge is 0.310 e. The number of hydrogen-bond acceptors (Lipinski definition) is 4. The van der Waals surface area contributed by atoms with E-state index in [4.69, 9.17) is 0 Å². The van der Waals surface area contributed by atoms with Crippen LogP contribution in [0.4, 0.5) is 19.0 Å². The molecule has 122 valence electrons. The molecular weight excluding hydrogens is 365 g/mol. The Hall–Kier alpha value is -1.19. The van der Waals surface area contributed by atoms with E-state index in [1.54, 1.807) is 23.2 Å². The second-order valence-electron chi connectivity index (χ2n) is 4.93. The van der Waals surface area contributed by atoms with Crippen LogP contribution in [0.5, 0.6) is 0 Å². The molecule has 1 aromatic heterocycles. The first kappa shape index (κ1) is 17.2. The van der Waals surface area contributed by atoms with Crippen molar-refractivity contribution < 1.29 is 18.0 Å². The number of anilines is 1. The van der Waals surface area contributed by atoms with Crippen molar-refractivity contribution in [1.29, 1.82) is 0 Å². The Kier molecular flexibility index (Phi) is 6.16. The average Bonchev–Trinajstić information content (AvgIpc) is 2.47. The molecule has 1 fully saturated rings. The van der Waals surface area contributed by atoms with Crippen molar-refractivity contribution >= 4 is 27.7 Å². The summed E-state index contributed by atoms with van der Waals surface area (Å²) in [7, 11) is 0. The van der Waals surface area contributed by atoms with E-state index in [2.05, 4.69) is 26.2 Å². The van der Waals surface area contributed by atoms with E-state index in [0.717, 1.165) is 9.37 Å². The molecule has 1 N–H and O–H groups in total. The summed E-state index contributed by atoms with van der Waals surface area (Å²) < 4.78 is 38.6. The van der Waals surface area contributed by atoms with Gasteiger partial charge in [-0.1, -0.05) is 15.9 Å². The van der Waals surface area contributed by atoms with E-state index in [9.17, 15) is 18.0 Å². The molecule has 9 heteroatoms. The van der Waals surface area contributed by atoms with Gasteiger partial charge >= 0.3 is 0 Å². The Labute approximate surface area is 134 Å². The monoisotopic (exact) mass is 380 g/mol. The van der Waals surface area contributed by atoms with Gasteiger partial charge in [0, 0.05) is 36.8 Å². The van der Waals surface area contributed by atoms with Gasteiger partial charge in [0.1, 0.15) is 5.82 Å². The highest BCUT2D eigenvalue weighted by atomic mass is 79.9. The molecule has 1 aromatic rings. The first-order chi connectivity index (χ1) is 10.5. The summed E-state index contributed by atoms with van der Waals surface area (Å²) >= 11 is 3.28. The minimum atomic E-state index is -3.00. The number of amides is 1. The third-order valence-corrected chi connectivity index (χ3v) is 3.81. The molecule has 1 unspecified atom stereocenters. The highest BCUT2D eigenvalue weighted by molar-refractivity contribution is 9.10. The highest BCUT2D eigenvalue weighted by Gasteiger charge is 2.30. The third kappa shape index (κ3) is 4.92. The zero-order valence-corrected chi connectivity index (χ0v) is 13.3. The number of carbonyl (C=O) groups excluding carboxylic acids is 1. The second kappa shape index (κ2) is 7.89. The molecule has 1 amide bonds. The van der Waals surface area contributed by atoms with Crippen molar-refractivity contribution in [3.63, 3.8) is 0 Å². The summed E-state index contributed by atoms with van der Waals surface area (Å²) in [4.78, 5) is 18.8. The number of aromatic nitrogens is 1. The lowest BCUT2D eigenvalue weighted by Crippen LogP contribution is -2.52. The molecule has 0 aromatic carbocycles. The average molecular weight is 381 g/mol. The molecule has 1 atom stereocenters. The van der Waals surface area contributed by atoms with E-state index in [-0.39, 0.29) is 25.5 Å². The summed E-state index contributed by atoms with van der Waals surface area (Å²) in [5, 5.41) is 2.65. The van der Waals surface area contributed by atoms with Crippen LogP contribution in [0, 0.1) is 0 Å². The van der Waals surface area contributed by atoms with Crippen LogP contribution >= 0.6 is 15.9 Å². The number of nitrogens with one attached hydrogen (secondary N) is 1. The molecule has 1 saturated heterocycles. The molecule has 0 aliphatic carbocycles. The quantitative estimate of drug-likeness (QED) is 0.793. The Morgan fingerprint density at radius 2 is 2.00 bits per heavy atom. The maximum Gasteiger partial charge on any atom is 0.282 e. The minimum absolute atomic E-state index is 0.119. The van der Waals surface area contributed by atoms with E-state index in [1.807, 2.05) is 0 Å².